The van der Waals surface area contributed by atoms with E-state index in [1.807, 2.05) is 32.1 Å². The normalized spacial score (nSPS) is 19.0. The summed E-state index contributed by atoms with van der Waals surface area (Å²) >= 11 is 6.28. The summed E-state index contributed by atoms with van der Waals surface area (Å²) in [6, 6.07) is 1.50. The first-order valence-corrected chi connectivity index (χ1v) is 11.4. The van der Waals surface area contributed by atoms with Crippen molar-refractivity contribution in [3.05, 3.63) is 51.9 Å². The molecule has 2 aromatic heterocycles. The molecule has 1 aliphatic rings. The standard InChI is InChI=1S/C24H28ClFN4O3/c1-11(2)33-22-16(12(3)24-29-13(4)21-23(27)28-5-6-30(21)24)10-17(25)20(26)19(22)18(32)9-14-7-15(31)8-14/h5-6,10-12,14-15,31H,7-9H2,1-4H3,(H2,27,28)/t12-,14?,15?/m0/s1. The molecule has 2 heterocycles. The number of benzene rings is 1. The highest BCUT2D eigenvalue weighted by molar-refractivity contribution is 6.31. The van der Waals surface area contributed by atoms with Crippen LogP contribution < -0.4 is 10.5 Å². The van der Waals surface area contributed by atoms with Crippen molar-refractivity contribution in [3.8, 4) is 5.75 Å². The molecule has 1 fully saturated rings. The summed E-state index contributed by atoms with van der Waals surface area (Å²) < 4.78 is 23.1. The molecule has 1 saturated carbocycles. The molecule has 7 nitrogen and oxygen atoms in total. The van der Waals surface area contributed by atoms with E-state index in [1.54, 1.807) is 12.4 Å². The highest BCUT2D eigenvalue weighted by Gasteiger charge is 2.34. The quantitative estimate of drug-likeness (QED) is 0.481. The van der Waals surface area contributed by atoms with E-state index in [4.69, 9.17) is 27.1 Å². The SMILES string of the molecule is Cc1nc([C@@H](C)c2cc(Cl)c(F)c(C(=O)CC3CC(O)C3)c2OC(C)C)n2ccnc(N)c12. The summed E-state index contributed by atoms with van der Waals surface area (Å²) in [4.78, 5) is 22.0. The van der Waals surface area contributed by atoms with Crippen molar-refractivity contribution in [1.29, 1.82) is 0 Å². The summed E-state index contributed by atoms with van der Waals surface area (Å²) in [6.45, 7) is 7.38. The minimum Gasteiger partial charge on any atom is -0.490 e. The Kier molecular flexibility index (Phi) is 6.33. The number of anilines is 1. The molecule has 0 radical (unpaired) electrons. The van der Waals surface area contributed by atoms with E-state index in [1.165, 1.54) is 6.07 Å². The molecule has 3 aromatic rings. The Balaban J connectivity index is 1.85. The number of aryl methyl sites for hydroxylation is 1. The molecule has 4 rings (SSSR count). The van der Waals surface area contributed by atoms with Crippen molar-refractivity contribution in [2.45, 2.75) is 65.1 Å². The fraction of sp³-hybridized carbons (Fsp3) is 0.458. The minimum absolute atomic E-state index is 0.0213. The molecule has 1 aromatic carbocycles. The van der Waals surface area contributed by atoms with Crippen LogP contribution in [0.15, 0.2) is 18.5 Å². The number of nitrogen functional groups attached to an aromatic ring is 1. The molecule has 0 aliphatic heterocycles. The summed E-state index contributed by atoms with van der Waals surface area (Å²) in [6.07, 6.45) is 3.85. The lowest BCUT2D eigenvalue weighted by molar-refractivity contribution is 0.0379. The van der Waals surface area contributed by atoms with Gasteiger partial charge in [-0.15, -0.1) is 0 Å². The van der Waals surface area contributed by atoms with Gasteiger partial charge in [0, 0.05) is 30.3 Å². The number of carbonyl (C=O) groups is 1. The van der Waals surface area contributed by atoms with Gasteiger partial charge in [-0.25, -0.2) is 14.4 Å². The third-order valence-corrected chi connectivity index (χ3v) is 6.43. The third kappa shape index (κ3) is 4.29. The van der Waals surface area contributed by atoms with Crippen LogP contribution >= 0.6 is 11.6 Å². The van der Waals surface area contributed by atoms with Gasteiger partial charge in [0.15, 0.2) is 11.6 Å². The number of aliphatic hydroxyl groups excluding tert-OH is 1. The van der Waals surface area contributed by atoms with E-state index >= 15 is 4.39 Å². The molecule has 0 unspecified atom stereocenters. The zero-order valence-electron chi connectivity index (χ0n) is 19.1. The number of aromatic nitrogens is 3. The van der Waals surface area contributed by atoms with Gasteiger partial charge in [-0.2, -0.15) is 0 Å². The lowest BCUT2D eigenvalue weighted by atomic mass is 9.78. The average Bonchev–Trinajstić information content (AvgIpc) is 3.06. The second-order valence-corrected chi connectivity index (χ2v) is 9.47. The maximum atomic E-state index is 15.2. The molecule has 1 atom stereocenters. The fourth-order valence-corrected chi connectivity index (χ4v) is 4.72. The number of rotatable bonds is 7. The van der Waals surface area contributed by atoms with Gasteiger partial charge >= 0.3 is 0 Å². The van der Waals surface area contributed by atoms with Crippen LogP contribution in [0, 0.1) is 18.7 Å². The Morgan fingerprint density at radius 2 is 2.09 bits per heavy atom. The molecule has 9 heteroatoms. The first kappa shape index (κ1) is 23.4. The van der Waals surface area contributed by atoms with Crippen LogP contribution in [0.3, 0.4) is 0 Å². The van der Waals surface area contributed by atoms with E-state index < -0.39 is 17.8 Å². The number of ether oxygens (including phenoxy) is 1. The number of carbonyl (C=O) groups excluding carboxylic acids is 1. The molecule has 0 bridgehead atoms. The number of nitrogens with two attached hydrogens (primary N) is 1. The highest BCUT2D eigenvalue weighted by Crippen LogP contribution is 2.41. The van der Waals surface area contributed by atoms with Crippen molar-refractivity contribution in [2.24, 2.45) is 5.92 Å². The van der Waals surface area contributed by atoms with Crippen LogP contribution in [-0.4, -0.2) is 37.5 Å². The molecule has 0 saturated heterocycles. The second-order valence-electron chi connectivity index (χ2n) is 9.06. The number of hydrogen-bond acceptors (Lipinski definition) is 6. The van der Waals surface area contributed by atoms with Crippen LogP contribution in [0.4, 0.5) is 10.2 Å². The molecule has 1 aliphatic carbocycles. The van der Waals surface area contributed by atoms with Gasteiger partial charge in [-0.3, -0.25) is 9.20 Å². The second kappa shape index (κ2) is 8.91. The molecule has 33 heavy (non-hydrogen) atoms. The van der Waals surface area contributed by atoms with Crippen molar-refractivity contribution >= 4 is 28.7 Å². The maximum absolute atomic E-state index is 15.2. The Hall–Kier alpha value is -2.71. The maximum Gasteiger partial charge on any atom is 0.169 e. The van der Waals surface area contributed by atoms with E-state index in [2.05, 4.69) is 4.98 Å². The van der Waals surface area contributed by atoms with Crippen molar-refractivity contribution in [3.63, 3.8) is 0 Å². The van der Waals surface area contributed by atoms with Crippen LogP contribution in [0.2, 0.25) is 5.02 Å². The predicted octanol–water partition coefficient (Wildman–Crippen LogP) is 4.70. The van der Waals surface area contributed by atoms with Gasteiger partial charge in [0.25, 0.3) is 0 Å². The van der Waals surface area contributed by atoms with Crippen molar-refractivity contribution < 1.29 is 19.0 Å². The zero-order chi connectivity index (χ0) is 24.0. The molecule has 0 spiro atoms. The zero-order valence-corrected chi connectivity index (χ0v) is 19.9. The van der Waals surface area contributed by atoms with Crippen molar-refractivity contribution in [1.82, 2.24) is 14.4 Å². The summed E-state index contributed by atoms with van der Waals surface area (Å²) in [5.41, 5.74) is 7.88. The molecular formula is C24H28ClFN4O3. The minimum atomic E-state index is -0.786. The number of halogens is 2. The Bertz CT molecular complexity index is 1220. The molecule has 176 valence electrons. The highest BCUT2D eigenvalue weighted by atomic mass is 35.5. The monoisotopic (exact) mass is 474 g/mol. The number of Topliss-reactive ketones (excluding diaryl/α,β-unsaturated/α-hetero) is 1. The van der Waals surface area contributed by atoms with Crippen LogP contribution in [0.5, 0.6) is 5.75 Å². The predicted molar refractivity (Wildman–Crippen MR) is 125 cm³/mol. The summed E-state index contributed by atoms with van der Waals surface area (Å²) in [5.74, 6) is -0.353. The van der Waals surface area contributed by atoms with Crippen molar-refractivity contribution in [2.75, 3.05) is 5.73 Å². The van der Waals surface area contributed by atoms with Gasteiger partial charge < -0.3 is 15.6 Å². The number of hydrogen-bond donors (Lipinski definition) is 2. The summed E-state index contributed by atoms with van der Waals surface area (Å²) in [5, 5.41) is 9.42. The van der Waals surface area contributed by atoms with Gasteiger partial charge in [0.1, 0.15) is 22.9 Å². The Morgan fingerprint density at radius 1 is 1.39 bits per heavy atom. The van der Waals surface area contributed by atoms with E-state index in [9.17, 15) is 9.90 Å². The van der Waals surface area contributed by atoms with Gasteiger partial charge in [0.2, 0.25) is 0 Å². The topological polar surface area (TPSA) is 103 Å². The molecule has 3 N–H and O–H groups in total. The average molecular weight is 475 g/mol. The van der Waals surface area contributed by atoms with Gasteiger partial charge in [-0.1, -0.05) is 18.5 Å². The first-order chi connectivity index (χ1) is 15.6. The third-order valence-electron chi connectivity index (χ3n) is 6.16. The Labute approximate surface area is 196 Å². The van der Waals surface area contributed by atoms with E-state index in [0.29, 0.717) is 41.3 Å². The fourth-order valence-electron chi connectivity index (χ4n) is 4.51. The smallest absolute Gasteiger partial charge is 0.169 e. The Morgan fingerprint density at radius 3 is 2.73 bits per heavy atom. The number of imidazole rings is 1. The number of ketones is 1. The number of aliphatic hydroxyl groups is 1. The number of nitrogens with zero attached hydrogens (tertiary/aromatic N) is 3. The lowest BCUT2D eigenvalue weighted by Crippen LogP contribution is -2.30. The molecule has 0 amide bonds. The number of fused-ring (bicyclic) bond motifs is 1. The van der Waals surface area contributed by atoms with E-state index in [0.717, 1.165) is 0 Å². The van der Waals surface area contributed by atoms with Gasteiger partial charge in [0.05, 0.1) is 28.5 Å². The summed E-state index contributed by atoms with van der Waals surface area (Å²) in [7, 11) is 0. The lowest BCUT2D eigenvalue weighted by Gasteiger charge is -2.31. The molecular weight excluding hydrogens is 447 g/mol. The van der Waals surface area contributed by atoms with Crippen LogP contribution in [0.25, 0.3) is 5.52 Å². The van der Waals surface area contributed by atoms with E-state index in [-0.39, 0.29) is 40.6 Å². The van der Waals surface area contributed by atoms with Gasteiger partial charge in [-0.05, 0) is 45.6 Å². The van der Waals surface area contributed by atoms with Crippen LogP contribution in [0.1, 0.15) is 73.4 Å². The van der Waals surface area contributed by atoms with Crippen LogP contribution in [-0.2, 0) is 0 Å². The largest absolute Gasteiger partial charge is 0.490 e. The first-order valence-electron chi connectivity index (χ1n) is 11.1.